The number of hydrogen-bond acceptors (Lipinski definition) is 8. The van der Waals surface area contributed by atoms with Crippen molar-refractivity contribution < 1.29 is 9.13 Å². The summed E-state index contributed by atoms with van der Waals surface area (Å²) in [7, 11) is 0. The van der Waals surface area contributed by atoms with Crippen LogP contribution in [0.4, 0.5) is 22.0 Å². The van der Waals surface area contributed by atoms with Crippen molar-refractivity contribution >= 4 is 29.2 Å². The Hall–Kier alpha value is -3.04. The van der Waals surface area contributed by atoms with Gasteiger partial charge in [-0.1, -0.05) is 23.7 Å². The molecule has 1 atom stereocenters. The van der Waals surface area contributed by atoms with Gasteiger partial charge in [0.2, 0.25) is 5.95 Å². The van der Waals surface area contributed by atoms with Gasteiger partial charge in [-0.2, -0.15) is 4.98 Å². The Kier molecular flexibility index (Phi) is 6.47. The number of hydrogen-bond donors (Lipinski definition) is 0. The van der Waals surface area contributed by atoms with Crippen molar-refractivity contribution in [2.45, 2.75) is 19.9 Å². The zero-order valence-electron chi connectivity index (χ0n) is 19.3. The Balaban J connectivity index is 1.47. The summed E-state index contributed by atoms with van der Waals surface area (Å²) >= 11 is 6.28. The quantitative estimate of drug-likeness (QED) is 0.557. The van der Waals surface area contributed by atoms with E-state index in [-0.39, 0.29) is 11.9 Å². The number of anilines is 3. The van der Waals surface area contributed by atoms with Crippen LogP contribution in [0.3, 0.4) is 0 Å². The van der Waals surface area contributed by atoms with Gasteiger partial charge in [0.25, 0.3) is 0 Å². The van der Waals surface area contributed by atoms with Crippen molar-refractivity contribution in [1.82, 2.24) is 19.9 Å². The zero-order valence-corrected chi connectivity index (χ0v) is 20.0. The topological polar surface area (TPSA) is 70.5 Å². The second kappa shape index (κ2) is 9.68. The first-order valence-electron chi connectivity index (χ1n) is 11.5. The van der Waals surface area contributed by atoms with Gasteiger partial charge in [-0.25, -0.2) is 19.3 Å². The van der Waals surface area contributed by atoms with Crippen molar-refractivity contribution in [2.24, 2.45) is 0 Å². The molecule has 0 spiro atoms. The number of nitrogens with zero attached hydrogens (tertiary/aromatic N) is 7. The molecular formula is C24H27ClFN7O. The summed E-state index contributed by atoms with van der Waals surface area (Å²) in [5.74, 6) is 1.92. The van der Waals surface area contributed by atoms with Crippen molar-refractivity contribution in [3.63, 3.8) is 0 Å². The molecule has 0 N–H and O–H groups in total. The van der Waals surface area contributed by atoms with Gasteiger partial charge in [-0.05, 0) is 25.5 Å². The van der Waals surface area contributed by atoms with E-state index in [0.29, 0.717) is 41.4 Å². The van der Waals surface area contributed by atoms with E-state index in [1.807, 2.05) is 12.1 Å². The summed E-state index contributed by atoms with van der Waals surface area (Å²) in [6.07, 6.45) is 3.25. The van der Waals surface area contributed by atoms with Crippen LogP contribution in [0, 0.1) is 12.7 Å². The van der Waals surface area contributed by atoms with Gasteiger partial charge in [0.1, 0.15) is 11.6 Å². The largest absolute Gasteiger partial charge is 0.378 e. The summed E-state index contributed by atoms with van der Waals surface area (Å²) in [4.78, 5) is 24.9. The van der Waals surface area contributed by atoms with Crippen molar-refractivity contribution in [3.8, 4) is 11.3 Å². The Morgan fingerprint density at radius 1 is 1.00 bits per heavy atom. The number of aromatic nitrogens is 4. The van der Waals surface area contributed by atoms with E-state index < -0.39 is 0 Å². The maximum Gasteiger partial charge on any atom is 0.228 e. The molecule has 2 aliphatic rings. The molecule has 178 valence electrons. The van der Waals surface area contributed by atoms with Gasteiger partial charge in [-0.15, -0.1) is 0 Å². The van der Waals surface area contributed by atoms with Crippen LogP contribution >= 0.6 is 11.6 Å². The molecule has 0 bridgehead atoms. The van der Waals surface area contributed by atoms with E-state index in [2.05, 4.69) is 31.6 Å². The molecule has 2 fully saturated rings. The van der Waals surface area contributed by atoms with Gasteiger partial charge in [0.15, 0.2) is 11.0 Å². The molecule has 2 saturated heterocycles. The standard InChI is InChI=1S/C24H27ClFN7O/c1-16-3-4-18(13-19(16)26)20-14-21(30-24(29-20)31-9-11-34-12-10-31)33-8-7-32(15-17(33)2)23-22(25)27-5-6-28-23/h3-6,13-14,17H,7-12,15H2,1-2H3. The molecule has 5 rings (SSSR count). The maximum absolute atomic E-state index is 14.4. The molecule has 4 heterocycles. The SMILES string of the molecule is Cc1ccc(-c2cc(N3CCN(c4nccnc4Cl)CC3C)nc(N3CCOCC3)n2)cc1F. The van der Waals surface area contributed by atoms with Crippen LogP contribution < -0.4 is 14.7 Å². The molecule has 0 saturated carbocycles. The Morgan fingerprint density at radius 2 is 1.79 bits per heavy atom. The normalized spacial score (nSPS) is 18.9. The van der Waals surface area contributed by atoms with E-state index in [1.54, 1.807) is 31.5 Å². The average molecular weight is 484 g/mol. The number of piperazine rings is 1. The third kappa shape index (κ3) is 4.63. The van der Waals surface area contributed by atoms with Gasteiger partial charge in [0, 0.05) is 62.8 Å². The van der Waals surface area contributed by atoms with Crippen molar-refractivity contribution in [1.29, 1.82) is 0 Å². The number of benzene rings is 1. The molecule has 0 radical (unpaired) electrons. The van der Waals surface area contributed by atoms with Crippen LogP contribution in [-0.4, -0.2) is 71.9 Å². The van der Waals surface area contributed by atoms with Crippen LogP contribution in [0.15, 0.2) is 36.7 Å². The van der Waals surface area contributed by atoms with Gasteiger partial charge >= 0.3 is 0 Å². The first kappa shape index (κ1) is 22.7. The minimum atomic E-state index is -0.242. The van der Waals surface area contributed by atoms with Gasteiger partial charge < -0.3 is 19.4 Å². The van der Waals surface area contributed by atoms with Crippen LogP contribution in [0.5, 0.6) is 0 Å². The maximum atomic E-state index is 14.4. The fraction of sp³-hybridized carbons (Fsp3) is 0.417. The minimum Gasteiger partial charge on any atom is -0.378 e. The van der Waals surface area contributed by atoms with E-state index in [4.69, 9.17) is 26.3 Å². The highest BCUT2D eigenvalue weighted by Gasteiger charge is 2.28. The van der Waals surface area contributed by atoms with E-state index in [1.165, 1.54) is 0 Å². The molecule has 1 aromatic carbocycles. The summed E-state index contributed by atoms with van der Waals surface area (Å²) in [5, 5.41) is 0.406. The molecule has 1 unspecified atom stereocenters. The van der Waals surface area contributed by atoms with Gasteiger partial charge in [0.05, 0.1) is 18.9 Å². The van der Waals surface area contributed by atoms with Crippen LogP contribution in [0.25, 0.3) is 11.3 Å². The van der Waals surface area contributed by atoms with Crippen LogP contribution in [-0.2, 0) is 4.74 Å². The lowest BCUT2D eigenvalue weighted by Crippen LogP contribution is -2.53. The fourth-order valence-corrected chi connectivity index (χ4v) is 4.61. The molecule has 0 aliphatic carbocycles. The van der Waals surface area contributed by atoms with E-state index in [9.17, 15) is 4.39 Å². The summed E-state index contributed by atoms with van der Waals surface area (Å²) in [5.41, 5.74) is 2.05. The predicted octanol–water partition coefficient (Wildman–Crippen LogP) is 3.59. The predicted molar refractivity (Wildman–Crippen MR) is 131 cm³/mol. The van der Waals surface area contributed by atoms with E-state index in [0.717, 1.165) is 44.1 Å². The zero-order chi connectivity index (χ0) is 23.7. The third-order valence-electron chi connectivity index (χ3n) is 6.32. The summed E-state index contributed by atoms with van der Waals surface area (Å²) in [6, 6.07) is 7.33. The molecule has 34 heavy (non-hydrogen) atoms. The molecule has 2 aromatic heterocycles. The smallest absolute Gasteiger partial charge is 0.228 e. The molecule has 2 aliphatic heterocycles. The summed E-state index contributed by atoms with van der Waals surface area (Å²) < 4.78 is 19.9. The number of morpholine rings is 1. The number of halogens is 2. The number of rotatable bonds is 4. The highest BCUT2D eigenvalue weighted by Crippen LogP contribution is 2.30. The third-order valence-corrected chi connectivity index (χ3v) is 6.59. The van der Waals surface area contributed by atoms with Crippen molar-refractivity contribution in [3.05, 3.63) is 53.2 Å². The minimum absolute atomic E-state index is 0.141. The Labute approximate surface area is 203 Å². The van der Waals surface area contributed by atoms with Gasteiger partial charge in [-0.3, -0.25) is 0 Å². The highest BCUT2D eigenvalue weighted by molar-refractivity contribution is 6.31. The lowest BCUT2D eigenvalue weighted by atomic mass is 10.1. The van der Waals surface area contributed by atoms with Crippen LogP contribution in [0.1, 0.15) is 12.5 Å². The fourth-order valence-electron chi connectivity index (χ4n) is 4.39. The first-order valence-corrected chi connectivity index (χ1v) is 11.8. The molecule has 8 nitrogen and oxygen atoms in total. The Bertz CT molecular complexity index is 1170. The highest BCUT2D eigenvalue weighted by atomic mass is 35.5. The van der Waals surface area contributed by atoms with Crippen LogP contribution in [0.2, 0.25) is 5.15 Å². The summed E-state index contributed by atoms with van der Waals surface area (Å²) in [6.45, 7) is 8.81. The molecular weight excluding hydrogens is 457 g/mol. The molecule has 10 heteroatoms. The number of ether oxygens (including phenoxy) is 1. The lowest BCUT2D eigenvalue weighted by molar-refractivity contribution is 0.122. The lowest BCUT2D eigenvalue weighted by Gasteiger charge is -2.41. The second-order valence-corrected chi connectivity index (χ2v) is 8.99. The number of aryl methyl sites for hydroxylation is 1. The first-order chi connectivity index (χ1) is 16.5. The average Bonchev–Trinajstić information content (AvgIpc) is 2.86. The monoisotopic (exact) mass is 483 g/mol. The van der Waals surface area contributed by atoms with E-state index >= 15 is 0 Å². The Morgan fingerprint density at radius 3 is 2.53 bits per heavy atom. The van der Waals surface area contributed by atoms with Crippen molar-refractivity contribution in [2.75, 3.05) is 60.6 Å². The second-order valence-electron chi connectivity index (χ2n) is 8.63. The molecule has 3 aromatic rings. The molecule has 0 amide bonds.